The fraction of sp³-hybridized carbons (Fsp3) is 0.562. The van der Waals surface area contributed by atoms with Gasteiger partial charge in [0.1, 0.15) is 11.4 Å². The Morgan fingerprint density at radius 2 is 2.22 bits per heavy atom. The van der Waals surface area contributed by atoms with Crippen LogP contribution in [0, 0.1) is 5.82 Å². The summed E-state index contributed by atoms with van der Waals surface area (Å²) in [5.41, 5.74) is 6.17. The summed E-state index contributed by atoms with van der Waals surface area (Å²) >= 11 is 5.68. The summed E-state index contributed by atoms with van der Waals surface area (Å²) < 4.78 is 24.6. The van der Waals surface area contributed by atoms with Gasteiger partial charge in [-0.05, 0) is 38.5 Å². The van der Waals surface area contributed by atoms with Crippen LogP contribution in [0.3, 0.4) is 0 Å². The van der Waals surface area contributed by atoms with Crippen LogP contribution in [0.4, 0.5) is 9.18 Å². The van der Waals surface area contributed by atoms with Crippen LogP contribution in [0.15, 0.2) is 18.2 Å². The highest BCUT2D eigenvalue weighted by Crippen LogP contribution is 2.24. The van der Waals surface area contributed by atoms with Crippen molar-refractivity contribution in [2.45, 2.75) is 38.5 Å². The van der Waals surface area contributed by atoms with Crippen molar-refractivity contribution in [3.05, 3.63) is 34.6 Å². The van der Waals surface area contributed by atoms with Crippen LogP contribution in [-0.2, 0) is 9.47 Å². The fourth-order valence-corrected chi connectivity index (χ4v) is 2.44. The SMILES string of the molecule is CC(C)(C)OC(=O)N1CCO[C@H]([C@@H](N)c2ccc(Cl)c(F)c2)C1. The summed E-state index contributed by atoms with van der Waals surface area (Å²) in [6.07, 6.45) is -0.836. The van der Waals surface area contributed by atoms with Crippen molar-refractivity contribution in [2.24, 2.45) is 5.73 Å². The molecule has 1 amide bonds. The first-order valence-electron chi connectivity index (χ1n) is 7.47. The van der Waals surface area contributed by atoms with Gasteiger partial charge in [-0.2, -0.15) is 0 Å². The first-order valence-corrected chi connectivity index (χ1v) is 7.85. The minimum Gasteiger partial charge on any atom is -0.444 e. The molecule has 23 heavy (non-hydrogen) atoms. The highest BCUT2D eigenvalue weighted by Gasteiger charge is 2.31. The Hall–Kier alpha value is -1.37. The Morgan fingerprint density at radius 1 is 1.52 bits per heavy atom. The molecule has 1 aromatic carbocycles. The maximum Gasteiger partial charge on any atom is 0.410 e. The van der Waals surface area contributed by atoms with E-state index >= 15 is 0 Å². The second-order valence-corrected chi connectivity index (χ2v) is 6.94. The molecular weight excluding hydrogens is 323 g/mol. The lowest BCUT2D eigenvalue weighted by Crippen LogP contribution is -2.50. The molecule has 1 fully saturated rings. The molecular formula is C16H22ClFN2O3. The first-order chi connectivity index (χ1) is 10.7. The van der Waals surface area contributed by atoms with E-state index in [2.05, 4.69) is 0 Å². The second kappa shape index (κ2) is 7.03. The van der Waals surface area contributed by atoms with Gasteiger partial charge in [0.05, 0.1) is 30.3 Å². The number of rotatable bonds is 2. The summed E-state index contributed by atoms with van der Waals surface area (Å²) in [6, 6.07) is 3.85. The standard InChI is InChI=1S/C16H22ClFN2O3/c1-16(2,3)23-15(21)20-6-7-22-13(9-20)14(19)10-4-5-11(17)12(18)8-10/h4-5,8,13-14H,6-7,9,19H2,1-3H3/t13-,14-/m0/s1. The lowest BCUT2D eigenvalue weighted by molar-refractivity contribution is -0.0508. The van der Waals surface area contributed by atoms with Crippen LogP contribution in [0.25, 0.3) is 0 Å². The monoisotopic (exact) mass is 344 g/mol. The molecule has 0 unspecified atom stereocenters. The van der Waals surface area contributed by atoms with Gasteiger partial charge in [-0.3, -0.25) is 0 Å². The van der Waals surface area contributed by atoms with Gasteiger partial charge in [0.2, 0.25) is 0 Å². The fourth-order valence-electron chi connectivity index (χ4n) is 2.32. The first kappa shape index (κ1) is 18.0. The molecule has 0 saturated carbocycles. The number of hydrogen-bond donors (Lipinski definition) is 1. The molecule has 2 rings (SSSR count). The number of amides is 1. The minimum atomic E-state index is -0.563. The van der Waals surface area contributed by atoms with E-state index in [-0.39, 0.29) is 5.02 Å². The summed E-state index contributed by atoms with van der Waals surface area (Å²) in [7, 11) is 0. The molecule has 0 radical (unpaired) electrons. The van der Waals surface area contributed by atoms with Crippen LogP contribution < -0.4 is 5.73 Å². The van der Waals surface area contributed by atoms with Gasteiger partial charge in [0, 0.05) is 6.54 Å². The average molecular weight is 345 g/mol. The molecule has 1 aromatic rings. The number of nitrogens with zero attached hydrogens (tertiary/aromatic N) is 1. The molecule has 0 bridgehead atoms. The lowest BCUT2D eigenvalue weighted by atomic mass is 10.0. The summed E-state index contributed by atoms with van der Waals surface area (Å²) in [5.74, 6) is -0.528. The van der Waals surface area contributed by atoms with Crippen LogP contribution in [0.2, 0.25) is 5.02 Å². The largest absolute Gasteiger partial charge is 0.444 e. The van der Waals surface area contributed by atoms with E-state index in [9.17, 15) is 9.18 Å². The number of carbonyl (C=O) groups excluding carboxylic acids is 1. The van der Waals surface area contributed by atoms with Crippen molar-refractivity contribution in [1.29, 1.82) is 0 Å². The lowest BCUT2D eigenvalue weighted by Gasteiger charge is -2.36. The molecule has 128 valence electrons. The van der Waals surface area contributed by atoms with E-state index in [1.807, 2.05) is 20.8 Å². The van der Waals surface area contributed by atoms with E-state index < -0.39 is 29.7 Å². The predicted molar refractivity (Wildman–Crippen MR) is 85.9 cm³/mol. The third-order valence-corrected chi connectivity index (χ3v) is 3.78. The van der Waals surface area contributed by atoms with E-state index in [4.69, 9.17) is 26.8 Å². The second-order valence-electron chi connectivity index (χ2n) is 6.53. The van der Waals surface area contributed by atoms with Crippen molar-refractivity contribution in [1.82, 2.24) is 4.90 Å². The summed E-state index contributed by atoms with van der Waals surface area (Å²) in [4.78, 5) is 13.7. The Balaban J connectivity index is 2.05. The van der Waals surface area contributed by atoms with Crippen molar-refractivity contribution in [2.75, 3.05) is 19.7 Å². The molecule has 1 aliphatic heterocycles. The van der Waals surface area contributed by atoms with Crippen molar-refractivity contribution >= 4 is 17.7 Å². The predicted octanol–water partition coefficient (Wildman–Crippen LogP) is 3.11. The molecule has 0 aromatic heterocycles. The van der Waals surface area contributed by atoms with Gasteiger partial charge in [-0.15, -0.1) is 0 Å². The van der Waals surface area contributed by atoms with Gasteiger partial charge in [0.25, 0.3) is 0 Å². The number of morpholine rings is 1. The van der Waals surface area contributed by atoms with Gasteiger partial charge < -0.3 is 20.1 Å². The molecule has 0 aliphatic carbocycles. The third kappa shape index (κ3) is 4.80. The molecule has 1 saturated heterocycles. The molecule has 1 heterocycles. The Labute approximate surface area is 140 Å². The number of carbonyl (C=O) groups is 1. The Kier molecular flexibility index (Phi) is 5.49. The number of benzene rings is 1. The number of hydrogen-bond acceptors (Lipinski definition) is 4. The maximum absolute atomic E-state index is 13.6. The number of ether oxygens (including phenoxy) is 2. The maximum atomic E-state index is 13.6. The highest BCUT2D eigenvalue weighted by atomic mass is 35.5. The van der Waals surface area contributed by atoms with Crippen LogP contribution in [-0.4, -0.2) is 42.4 Å². The third-order valence-electron chi connectivity index (χ3n) is 3.47. The molecule has 2 atom stereocenters. The van der Waals surface area contributed by atoms with E-state index in [1.165, 1.54) is 12.1 Å². The zero-order chi connectivity index (χ0) is 17.2. The normalized spacial score (nSPS) is 20.3. The zero-order valence-corrected chi connectivity index (χ0v) is 14.3. The highest BCUT2D eigenvalue weighted by molar-refractivity contribution is 6.30. The van der Waals surface area contributed by atoms with Crippen molar-refractivity contribution in [3.8, 4) is 0 Å². The smallest absolute Gasteiger partial charge is 0.410 e. The van der Waals surface area contributed by atoms with Gasteiger partial charge in [-0.1, -0.05) is 17.7 Å². The number of halogens is 2. The van der Waals surface area contributed by atoms with E-state index in [0.29, 0.717) is 25.3 Å². The quantitative estimate of drug-likeness (QED) is 0.895. The van der Waals surface area contributed by atoms with Gasteiger partial charge in [0.15, 0.2) is 0 Å². The summed E-state index contributed by atoms with van der Waals surface area (Å²) in [5, 5.41) is 0.0425. The number of nitrogens with two attached hydrogens (primary N) is 1. The molecule has 0 spiro atoms. The topological polar surface area (TPSA) is 64.8 Å². The molecule has 2 N–H and O–H groups in total. The van der Waals surface area contributed by atoms with Gasteiger partial charge in [-0.25, -0.2) is 9.18 Å². The van der Waals surface area contributed by atoms with Crippen LogP contribution >= 0.6 is 11.6 Å². The van der Waals surface area contributed by atoms with Crippen LogP contribution in [0.1, 0.15) is 32.4 Å². The van der Waals surface area contributed by atoms with E-state index in [0.717, 1.165) is 0 Å². The zero-order valence-electron chi connectivity index (χ0n) is 13.5. The Bertz CT molecular complexity index is 577. The van der Waals surface area contributed by atoms with Crippen molar-refractivity contribution in [3.63, 3.8) is 0 Å². The van der Waals surface area contributed by atoms with Crippen molar-refractivity contribution < 1.29 is 18.7 Å². The van der Waals surface area contributed by atoms with E-state index in [1.54, 1.807) is 11.0 Å². The summed E-state index contributed by atoms with van der Waals surface area (Å²) in [6.45, 7) is 6.52. The molecule has 1 aliphatic rings. The van der Waals surface area contributed by atoms with Gasteiger partial charge >= 0.3 is 6.09 Å². The molecule has 5 nitrogen and oxygen atoms in total. The van der Waals surface area contributed by atoms with Crippen LogP contribution in [0.5, 0.6) is 0 Å². The minimum absolute atomic E-state index is 0.0425. The average Bonchev–Trinajstić information content (AvgIpc) is 2.48. The Morgan fingerprint density at radius 3 is 2.83 bits per heavy atom. The molecule has 7 heteroatoms.